The first-order valence-corrected chi connectivity index (χ1v) is 18.0. The van der Waals surface area contributed by atoms with E-state index in [1.807, 2.05) is 107 Å². The third-order valence-corrected chi connectivity index (χ3v) is 9.37. The maximum Gasteiger partial charge on any atom is 0.419 e. The molecule has 268 valence electrons. The van der Waals surface area contributed by atoms with Gasteiger partial charge in [0.1, 0.15) is 22.8 Å². The Hall–Kier alpha value is -5.55. The summed E-state index contributed by atoms with van der Waals surface area (Å²) in [6, 6.07) is 21.2. The quantitative estimate of drug-likeness (QED) is 0.116. The Balaban J connectivity index is 1.66. The van der Waals surface area contributed by atoms with Crippen molar-refractivity contribution < 1.29 is 27.9 Å². The van der Waals surface area contributed by atoms with Crippen molar-refractivity contribution in [1.29, 1.82) is 0 Å². The Kier molecular flexibility index (Phi) is 10.2. The van der Waals surface area contributed by atoms with Crippen molar-refractivity contribution in [2.45, 2.75) is 40.2 Å². The standard InChI is InChI=1S/C41H41FN4O5S/c1-9-49-21-20-25-16-19-31(44-36(25)37-24(2)28-12-10-11-13-32(28)46(37)40(48)51-41(3,4)5)29-22-30-34(23-33(29)45(7)52-8)50-38(35(30)39(47)43-6)26-14-17-27(42)18-15-26/h10-23H,9H2,1-8H3,(H,43,47)/b21-20+. The van der Waals surface area contributed by atoms with Gasteiger partial charge in [0.05, 0.1) is 46.7 Å². The molecule has 0 bridgehead atoms. The third kappa shape index (κ3) is 6.88. The summed E-state index contributed by atoms with van der Waals surface area (Å²) in [4.78, 5) is 32.8. The van der Waals surface area contributed by atoms with Crippen molar-refractivity contribution in [2.75, 3.05) is 31.3 Å². The highest BCUT2D eigenvalue weighted by Gasteiger charge is 2.29. The molecule has 1 amide bonds. The summed E-state index contributed by atoms with van der Waals surface area (Å²) < 4.78 is 35.4. The summed E-state index contributed by atoms with van der Waals surface area (Å²) in [5.74, 6) is -0.417. The number of ether oxygens (including phenoxy) is 2. The average molecular weight is 721 g/mol. The second-order valence-corrected chi connectivity index (χ2v) is 14.0. The lowest BCUT2D eigenvalue weighted by Crippen LogP contribution is -2.27. The molecular weight excluding hydrogens is 680 g/mol. The maximum absolute atomic E-state index is 14.0. The van der Waals surface area contributed by atoms with Crippen LogP contribution in [-0.4, -0.2) is 54.1 Å². The summed E-state index contributed by atoms with van der Waals surface area (Å²) in [6.45, 7) is 9.87. The Labute approximate surface area is 306 Å². The van der Waals surface area contributed by atoms with E-state index in [1.54, 1.807) is 30.0 Å². The molecule has 3 heterocycles. The molecule has 52 heavy (non-hydrogen) atoms. The van der Waals surface area contributed by atoms with Gasteiger partial charge in [0.2, 0.25) is 0 Å². The number of carbonyl (C=O) groups is 2. The summed E-state index contributed by atoms with van der Waals surface area (Å²) in [7, 11) is 3.49. The number of furan rings is 1. The molecule has 0 radical (unpaired) electrons. The van der Waals surface area contributed by atoms with E-state index in [9.17, 15) is 14.0 Å². The monoisotopic (exact) mass is 720 g/mol. The summed E-state index contributed by atoms with van der Waals surface area (Å²) in [5, 5.41) is 4.19. The Morgan fingerprint density at radius 1 is 1.06 bits per heavy atom. The lowest BCUT2D eigenvalue weighted by atomic mass is 9.99. The molecule has 0 unspecified atom stereocenters. The van der Waals surface area contributed by atoms with Crippen LogP contribution in [0.1, 0.15) is 49.2 Å². The van der Waals surface area contributed by atoms with Crippen molar-refractivity contribution in [3.8, 4) is 34.0 Å². The summed E-state index contributed by atoms with van der Waals surface area (Å²) >= 11 is 1.50. The van der Waals surface area contributed by atoms with Gasteiger partial charge in [-0.05, 0) is 88.7 Å². The smallest absolute Gasteiger partial charge is 0.419 e. The number of fused-ring (bicyclic) bond motifs is 2. The SMILES string of the molecule is CCO/C=C/c1ccc(-c2cc3c(C(=O)NC)c(-c4ccc(F)cc4)oc3cc2N(C)SC)nc1-c1c(C)c2ccccc2n1C(=O)OC(C)(C)C. The van der Waals surface area contributed by atoms with Gasteiger partial charge in [0.25, 0.3) is 5.91 Å². The van der Waals surface area contributed by atoms with Crippen LogP contribution in [0.3, 0.4) is 0 Å². The number of benzene rings is 3. The number of aromatic nitrogens is 2. The minimum Gasteiger partial charge on any atom is -0.501 e. The van der Waals surface area contributed by atoms with Gasteiger partial charge in [-0.3, -0.25) is 4.79 Å². The molecule has 11 heteroatoms. The van der Waals surface area contributed by atoms with Gasteiger partial charge >= 0.3 is 6.09 Å². The minimum atomic E-state index is -0.743. The number of aryl methyl sites for hydroxylation is 1. The number of anilines is 1. The van der Waals surface area contributed by atoms with Crippen LogP contribution in [0.5, 0.6) is 0 Å². The molecule has 0 atom stereocenters. The molecule has 3 aromatic carbocycles. The van der Waals surface area contributed by atoms with Crippen LogP contribution in [0, 0.1) is 12.7 Å². The predicted molar refractivity (Wildman–Crippen MR) is 208 cm³/mol. The van der Waals surface area contributed by atoms with E-state index >= 15 is 0 Å². The van der Waals surface area contributed by atoms with E-state index in [2.05, 4.69) is 5.32 Å². The Morgan fingerprint density at radius 3 is 2.46 bits per heavy atom. The van der Waals surface area contributed by atoms with Gasteiger partial charge in [-0.25, -0.2) is 18.7 Å². The van der Waals surface area contributed by atoms with Crippen LogP contribution in [0.15, 0.2) is 83.5 Å². The molecule has 0 spiro atoms. The fourth-order valence-electron chi connectivity index (χ4n) is 6.20. The number of amides is 1. The highest BCUT2D eigenvalue weighted by atomic mass is 32.2. The number of pyridine rings is 1. The Morgan fingerprint density at radius 2 is 1.79 bits per heavy atom. The molecule has 6 aromatic rings. The zero-order chi connectivity index (χ0) is 37.3. The van der Waals surface area contributed by atoms with Gasteiger partial charge in [-0.1, -0.05) is 36.2 Å². The molecule has 0 fully saturated rings. The van der Waals surface area contributed by atoms with E-state index in [0.717, 1.165) is 27.8 Å². The number of nitrogens with zero attached hydrogens (tertiary/aromatic N) is 3. The average Bonchev–Trinajstić information content (AvgIpc) is 3.65. The molecule has 0 aliphatic rings. The van der Waals surface area contributed by atoms with Crippen molar-refractivity contribution in [3.63, 3.8) is 0 Å². The van der Waals surface area contributed by atoms with E-state index in [0.29, 0.717) is 57.1 Å². The topological polar surface area (TPSA) is 98.8 Å². The second kappa shape index (κ2) is 14.6. The summed E-state index contributed by atoms with van der Waals surface area (Å²) in [5.41, 5.74) is 6.12. The molecule has 6 rings (SSSR count). The lowest BCUT2D eigenvalue weighted by molar-refractivity contribution is 0.0546. The molecule has 0 saturated heterocycles. The minimum absolute atomic E-state index is 0.320. The summed E-state index contributed by atoms with van der Waals surface area (Å²) in [6.07, 6.45) is 4.88. The number of hydrogen-bond acceptors (Lipinski definition) is 8. The van der Waals surface area contributed by atoms with E-state index in [1.165, 1.54) is 24.1 Å². The van der Waals surface area contributed by atoms with Crippen LogP contribution < -0.4 is 9.62 Å². The fourth-order valence-corrected chi connectivity index (χ4v) is 6.54. The second-order valence-electron chi connectivity index (χ2n) is 13.1. The molecule has 0 aliphatic heterocycles. The van der Waals surface area contributed by atoms with Gasteiger partial charge in [-0.15, -0.1) is 0 Å². The number of rotatable bonds is 9. The van der Waals surface area contributed by atoms with E-state index < -0.39 is 17.5 Å². The van der Waals surface area contributed by atoms with Crippen LogP contribution in [0.2, 0.25) is 0 Å². The highest BCUT2D eigenvalue weighted by molar-refractivity contribution is 7.99. The van der Waals surface area contributed by atoms with Crippen molar-refractivity contribution in [2.24, 2.45) is 0 Å². The van der Waals surface area contributed by atoms with Gasteiger partial charge < -0.3 is 23.5 Å². The zero-order valence-electron chi connectivity index (χ0n) is 30.5. The number of para-hydroxylation sites is 1. The first-order valence-electron chi connectivity index (χ1n) is 16.9. The molecule has 0 aliphatic carbocycles. The van der Waals surface area contributed by atoms with Gasteiger partial charge in [0.15, 0.2) is 0 Å². The van der Waals surface area contributed by atoms with E-state index in [-0.39, 0.29) is 5.91 Å². The molecule has 9 nitrogen and oxygen atoms in total. The van der Waals surface area contributed by atoms with Crippen molar-refractivity contribution >= 4 is 57.6 Å². The maximum atomic E-state index is 14.0. The van der Waals surface area contributed by atoms with Gasteiger partial charge in [0, 0.05) is 53.9 Å². The zero-order valence-corrected chi connectivity index (χ0v) is 31.3. The molecule has 0 saturated carbocycles. The molecular formula is C41H41FN4O5S. The number of halogens is 1. The van der Waals surface area contributed by atoms with E-state index in [4.69, 9.17) is 18.9 Å². The van der Waals surface area contributed by atoms with Crippen molar-refractivity contribution in [3.05, 3.63) is 102 Å². The largest absolute Gasteiger partial charge is 0.501 e. The van der Waals surface area contributed by atoms with Crippen LogP contribution in [0.25, 0.3) is 61.9 Å². The third-order valence-electron chi connectivity index (χ3n) is 8.62. The fraction of sp³-hybridized carbons (Fsp3) is 0.244. The molecule has 3 aromatic heterocycles. The van der Waals surface area contributed by atoms with Crippen LogP contribution >= 0.6 is 11.9 Å². The number of carbonyl (C=O) groups excluding carboxylic acids is 2. The Bertz CT molecular complexity index is 2340. The number of nitrogens with one attached hydrogen (secondary N) is 1. The number of hydrogen-bond donors (Lipinski definition) is 1. The predicted octanol–water partition coefficient (Wildman–Crippen LogP) is 10.1. The van der Waals surface area contributed by atoms with Crippen LogP contribution in [-0.2, 0) is 9.47 Å². The lowest BCUT2D eigenvalue weighted by Gasteiger charge is -2.22. The first kappa shape index (κ1) is 36.2. The highest BCUT2D eigenvalue weighted by Crippen LogP contribution is 2.43. The normalized spacial score (nSPS) is 11.8. The van der Waals surface area contributed by atoms with Crippen LogP contribution in [0.4, 0.5) is 14.9 Å². The first-order chi connectivity index (χ1) is 24.9. The van der Waals surface area contributed by atoms with Gasteiger partial charge in [-0.2, -0.15) is 0 Å². The van der Waals surface area contributed by atoms with Crippen molar-refractivity contribution in [1.82, 2.24) is 14.9 Å². The molecule has 1 N–H and O–H groups in total.